The first-order valence-corrected chi connectivity index (χ1v) is 11.3. The van der Waals surface area contributed by atoms with Gasteiger partial charge in [-0.3, -0.25) is 9.59 Å². The zero-order valence-electron chi connectivity index (χ0n) is 18.6. The number of halogens is 2. The third-order valence-corrected chi connectivity index (χ3v) is 6.08. The van der Waals surface area contributed by atoms with Gasteiger partial charge in [0.25, 0.3) is 0 Å². The number of benzene rings is 3. The van der Waals surface area contributed by atoms with Gasteiger partial charge in [-0.15, -0.1) is 0 Å². The van der Waals surface area contributed by atoms with Crippen molar-refractivity contribution in [1.82, 2.24) is 10.2 Å². The molecule has 3 rings (SSSR count). The zero-order valence-corrected chi connectivity index (χ0v) is 20.1. The summed E-state index contributed by atoms with van der Waals surface area (Å²) in [5.41, 5.74) is 2.54. The highest BCUT2D eigenvalue weighted by Gasteiger charge is 2.30. The lowest BCUT2D eigenvalue weighted by molar-refractivity contribution is -0.140. The number of carbonyl (C=O) groups is 2. The van der Waals surface area contributed by atoms with Crippen LogP contribution in [-0.2, 0) is 29.0 Å². The van der Waals surface area contributed by atoms with E-state index in [0.29, 0.717) is 22.2 Å². The summed E-state index contributed by atoms with van der Waals surface area (Å²) in [5, 5.41) is 3.52. The largest absolute Gasteiger partial charge is 0.497 e. The van der Waals surface area contributed by atoms with Crippen LogP contribution in [0.25, 0.3) is 0 Å². The molecule has 3 aromatic rings. The molecule has 0 saturated carbocycles. The van der Waals surface area contributed by atoms with Gasteiger partial charge < -0.3 is 15.0 Å². The third kappa shape index (κ3) is 6.73. The topological polar surface area (TPSA) is 58.6 Å². The summed E-state index contributed by atoms with van der Waals surface area (Å²) >= 11 is 12.2. The molecule has 0 aliphatic heterocycles. The van der Waals surface area contributed by atoms with Gasteiger partial charge in [0.2, 0.25) is 11.8 Å². The summed E-state index contributed by atoms with van der Waals surface area (Å²) in [5.74, 6) is 0.258. The number of nitrogens with one attached hydrogen (secondary N) is 1. The summed E-state index contributed by atoms with van der Waals surface area (Å²) < 4.78 is 5.33. The monoisotopic (exact) mass is 484 g/mol. The highest BCUT2D eigenvalue weighted by molar-refractivity contribution is 6.42. The molecule has 172 valence electrons. The quantitative estimate of drug-likeness (QED) is 0.468. The van der Waals surface area contributed by atoms with Gasteiger partial charge >= 0.3 is 0 Å². The Balaban J connectivity index is 1.96. The van der Waals surface area contributed by atoms with Crippen molar-refractivity contribution in [3.8, 4) is 5.75 Å². The minimum Gasteiger partial charge on any atom is -0.497 e. The highest BCUT2D eigenvalue weighted by Crippen LogP contribution is 2.24. The minimum atomic E-state index is -0.695. The maximum absolute atomic E-state index is 13.6. The van der Waals surface area contributed by atoms with Crippen LogP contribution in [0, 0.1) is 0 Å². The molecule has 0 heterocycles. The average Bonchev–Trinajstić information content (AvgIpc) is 2.83. The predicted molar refractivity (Wildman–Crippen MR) is 132 cm³/mol. The molecule has 2 amide bonds. The molecule has 0 bridgehead atoms. The maximum atomic E-state index is 13.6. The Hall–Kier alpha value is -3.02. The van der Waals surface area contributed by atoms with Crippen LogP contribution in [0.3, 0.4) is 0 Å². The lowest BCUT2D eigenvalue weighted by Gasteiger charge is -2.31. The highest BCUT2D eigenvalue weighted by atomic mass is 35.5. The number of hydrogen-bond donors (Lipinski definition) is 1. The zero-order chi connectivity index (χ0) is 23.8. The maximum Gasteiger partial charge on any atom is 0.242 e. The molecule has 0 radical (unpaired) electrons. The number of carbonyl (C=O) groups excluding carboxylic acids is 2. The van der Waals surface area contributed by atoms with Crippen LogP contribution in [0.5, 0.6) is 5.75 Å². The van der Waals surface area contributed by atoms with E-state index in [0.717, 1.165) is 16.7 Å². The fourth-order valence-corrected chi connectivity index (χ4v) is 3.93. The first-order chi connectivity index (χ1) is 15.9. The molecule has 0 aliphatic rings. The molecule has 7 heteroatoms. The first-order valence-electron chi connectivity index (χ1n) is 10.5. The number of hydrogen-bond acceptors (Lipinski definition) is 3. The number of amides is 2. The van der Waals surface area contributed by atoms with Gasteiger partial charge in [0, 0.05) is 20.0 Å². The molecule has 0 fully saturated rings. The Bertz CT molecular complexity index is 1110. The molecule has 33 heavy (non-hydrogen) atoms. The molecule has 0 spiro atoms. The van der Waals surface area contributed by atoms with E-state index in [9.17, 15) is 9.59 Å². The SMILES string of the molecule is CNC(=O)[C@@H](Cc1ccccc1)N(Cc1cccc(OC)c1)C(=O)Cc1ccc(Cl)c(Cl)c1. The van der Waals surface area contributed by atoms with Crippen molar-refractivity contribution in [3.05, 3.63) is 99.5 Å². The van der Waals surface area contributed by atoms with E-state index in [2.05, 4.69) is 5.32 Å². The van der Waals surface area contributed by atoms with Crippen molar-refractivity contribution < 1.29 is 14.3 Å². The Labute approximate surface area is 204 Å². The first kappa shape index (κ1) is 24.6. The molecular formula is C26H26Cl2N2O3. The lowest BCUT2D eigenvalue weighted by atomic mass is 10.0. The normalized spacial score (nSPS) is 11.5. The van der Waals surface area contributed by atoms with Gasteiger partial charge in [-0.2, -0.15) is 0 Å². The number of likely N-dealkylation sites (N-methyl/N-ethyl adjacent to an activating group) is 1. The Morgan fingerprint density at radius 2 is 1.64 bits per heavy atom. The van der Waals surface area contributed by atoms with Gasteiger partial charge in [-0.1, -0.05) is 71.7 Å². The van der Waals surface area contributed by atoms with E-state index < -0.39 is 6.04 Å². The van der Waals surface area contributed by atoms with Gasteiger partial charge in [-0.05, 0) is 41.0 Å². The second kappa shape index (κ2) is 11.7. The van der Waals surface area contributed by atoms with E-state index in [1.807, 2.05) is 54.6 Å². The molecule has 3 aromatic carbocycles. The van der Waals surface area contributed by atoms with Crippen molar-refractivity contribution >= 4 is 35.0 Å². The molecule has 0 aromatic heterocycles. The Kier molecular flexibility index (Phi) is 8.75. The van der Waals surface area contributed by atoms with E-state index in [1.54, 1.807) is 37.3 Å². The molecule has 0 saturated heterocycles. The van der Waals surface area contributed by atoms with Crippen LogP contribution in [-0.4, -0.2) is 36.9 Å². The second-order valence-corrected chi connectivity index (χ2v) is 8.43. The van der Waals surface area contributed by atoms with E-state index in [-0.39, 0.29) is 24.8 Å². The Morgan fingerprint density at radius 3 is 2.30 bits per heavy atom. The number of ether oxygens (including phenoxy) is 1. The van der Waals surface area contributed by atoms with Crippen LogP contribution < -0.4 is 10.1 Å². The van der Waals surface area contributed by atoms with Gasteiger partial charge in [0.15, 0.2) is 0 Å². The smallest absolute Gasteiger partial charge is 0.242 e. The molecule has 0 unspecified atom stereocenters. The van der Waals surface area contributed by atoms with Crippen LogP contribution in [0.15, 0.2) is 72.8 Å². The fourth-order valence-electron chi connectivity index (χ4n) is 3.61. The van der Waals surface area contributed by atoms with Crippen molar-refractivity contribution in [2.45, 2.75) is 25.4 Å². The van der Waals surface area contributed by atoms with E-state index in [4.69, 9.17) is 27.9 Å². The van der Waals surface area contributed by atoms with Crippen LogP contribution >= 0.6 is 23.2 Å². The summed E-state index contributed by atoms with van der Waals surface area (Å²) in [6, 6.07) is 21.5. The van der Waals surface area contributed by atoms with Crippen molar-refractivity contribution in [2.75, 3.05) is 14.2 Å². The standard InChI is InChI=1S/C26H26Cl2N2O3/c1-29-26(32)24(15-18-7-4-3-5-8-18)30(17-20-9-6-10-21(13-20)33-2)25(31)16-19-11-12-22(27)23(28)14-19/h3-14,24H,15-17H2,1-2H3,(H,29,32)/t24-/m1/s1. The van der Waals surface area contributed by atoms with Gasteiger partial charge in [0.1, 0.15) is 11.8 Å². The van der Waals surface area contributed by atoms with Crippen molar-refractivity contribution in [3.63, 3.8) is 0 Å². The van der Waals surface area contributed by atoms with Gasteiger partial charge in [0.05, 0.1) is 23.6 Å². The van der Waals surface area contributed by atoms with Crippen LogP contribution in [0.1, 0.15) is 16.7 Å². The summed E-state index contributed by atoms with van der Waals surface area (Å²) in [7, 11) is 3.17. The molecular weight excluding hydrogens is 459 g/mol. The van der Waals surface area contributed by atoms with Gasteiger partial charge in [-0.25, -0.2) is 0 Å². The van der Waals surface area contributed by atoms with Crippen LogP contribution in [0.4, 0.5) is 0 Å². The lowest BCUT2D eigenvalue weighted by Crippen LogP contribution is -2.50. The predicted octanol–water partition coefficient (Wildman–Crippen LogP) is 4.93. The van der Waals surface area contributed by atoms with E-state index >= 15 is 0 Å². The summed E-state index contributed by atoms with van der Waals surface area (Å²) in [6.07, 6.45) is 0.473. The van der Waals surface area contributed by atoms with E-state index in [1.165, 1.54) is 0 Å². The Morgan fingerprint density at radius 1 is 0.909 bits per heavy atom. The average molecular weight is 485 g/mol. The second-order valence-electron chi connectivity index (χ2n) is 7.62. The van der Waals surface area contributed by atoms with Crippen molar-refractivity contribution in [2.24, 2.45) is 0 Å². The fraction of sp³-hybridized carbons (Fsp3) is 0.231. The molecule has 0 aliphatic carbocycles. The third-order valence-electron chi connectivity index (χ3n) is 5.34. The molecule has 1 atom stereocenters. The van der Waals surface area contributed by atoms with Crippen molar-refractivity contribution in [1.29, 1.82) is 0 Å². The number of nitrogens with zero attached hydrogens (tertiary/aromatic N) is 1. The minimum absolute atomic E-state index is 0.0864. The molecule has 1 N–H and O–H groups in total. The number of rotatable bonds is 9. The molecule has 5 nitrogen and oxygen atoms in total. The van der Waals surface area contributed by atoms with Crippen LogP contribution in [0.2, 0.25) is 10.0 Å². The number of methoxy groups -OCH3 is 1. The summed E-state index contributed by atoms with van der Waals surface area (Å²) in [4.78, 5) is 28.1. The summed E-state index contributed by atoms with van der Waals surface area (Å²) in [6.45, 7) is 0.252.